The predicted octanol–water partition coefficient (Wildman–Crippen LogP) is 3.86. The molecule has 0 aliphatic heterocycles. The van der Waals surface area contributed by atoms with Gasteiger partial charge in [-0.25, -0.2) is 0 Å². The fourth-order valence-electron chi connectivity index (χ4n) is 5.29. The van der Waals surface area contributed by atoms with Gasteiger partial charge in [0, 0.05) is 10.8 Å². The van der Waals surface area contributed by atoms with E-state index < -0.39 is 4.33 Å². The number of carbonyl (C=O) groups is 1. The highest BCUT2D eigenvalue weighted by Gasteiger charge is 2.88. The number of ketones is 1. The molecule has 0 amide bonds. The Morgan fingerprint density at radius 2 is 1.50 bits per heavy atom. The molecule has 0 N–H and O–H groups in total. The van der Waals surface area contributed by atoms with E-state index in [1.807, 2.05) is 0 Å². The minimum Gasteiger partial charge on any atom is -0.296 e. The third-order valence-corrected chi connectivity index (χ3v) is 7.56. The molecule has 3 heteroatoms. The number of hydrogen-bond acceptors (Lipinski definition) is 1. The molecule has 4 fully saturated rings. The second-order valence-corrected chi connectivity index (χ2v) is 7.71. The van der Waals surface area contributed by atoms with Crippen molar-refractivity contribution in [2.24, 2.45) is 16.2 Å². The highest BCUT2D eigenvalue weighted by molar-refractivity contribution is 6.62. The van der Waals surface area contributed by atoms with E-state index >= 15 is 0 Å². The quantitative estimate of drug-likeness (QED) is 0.603. The van der Waals surface area contributed by atoms with Crippen LogP contribution in [0.2, 0.25) is 0 Å². The molecule has 0 saturated heterocycles. The Bertz CT molecular complexity index is 387. The predicted molar refractivity (Wildman–Crippen MR) is 63.7 cm³/mol. The Morgan fingerprint density at radius 3 is 1.81 bits per heavy atom. The van der Waals surface area contributed by atoms with Crippen LogP contribution in [0.4, 0.5) is 0 Å². The second kappa shape index (κ2) is 2.49. The second-order valence-electron chi connectivity index (χ2n) is 6.38. The average Bonchev–Trinajstić information content (AvgIpc) is 2.04. The lowest BCUT2D eigenvalue weighted by Crippen LogP contribution is -2.84. The fourth-order valence-corrected chi connectivity index (χ4v) is 6.31. The molecule has 4 aliphatic carbocycles. The zero-order chi connectivity index (χ0) is 11.2. The zero-order valence-corrected chi connectivity index (χ0v) is 10.8. The monoisotopic (exact) mass is 258 g/mol. The Hall–Kier alpha value is 0.250. The summed E-state index contributed by atoms with van der Waals surface area (Å²) < 4.78 is -1.05. The summed E-state index contributed by atoms with van der Waals surface area (Å²) in [4.78, 5) is 12.4. The molecule has 0 bridgehead atoms. The summed E-state index contributed by atoms with van der Waals surface area (Å²) in [5.41, 5.74) is 0.219. The lowest BCUT2D eigenvalue weighted by atomic mass is 9.24. The molecule has 0 aromatic rings. The van der Waals surface area contributed by atoms with Crippen LogP contribution in [0, 0.1) is 16.2 Å². The summed E-state index contributed by atoms with van der Waals surface area (Å²) in [6.45, 7) is 0. The summed E-state index contributed by atoms with van der Waals surface area (Å²) in [6, 6.07) is 0. The normalized spacial score (nSPS) is 44.8. The molecule has 4 aliphatic rings. The summed E-state index contributed by atoms with van der Waals surface area (Å²) in [6.07, 6.45) is 9.43. The van der Waals surface area contributed by atoms with E-state index in [0.29, 0.717) is 5.41 Å². The Balaban J connectivity index is 1.82. The first kappa shape index (κ1) is 10.2. The van der Waals surface area contributed by atoms with E-state index in [-0.39, 0.29) is 16.6 Å². The zero-order valence-electron chi connectivity index (χ0n) is 9.32. The largest absolute Gasteiger partial charge is 0.296 e. The van der Waals surface area contributed by atoms with E-state index in [4.69, 9.17) is 23.2 Å². The Morgan fingerprint density at radius 1 is 0.875 bits per heavy atom. The van der Waals surface area contributed by atoms with E-state index in [1.54, 1.807) is 0 Å². The van der Waals surface area contributed by atoms with Gasteiger partial charge in [0.2, 0.25) is 0 Å². The van der Waals surface area contributed by atoms with Crippen molar-refractivity contribution in [2.75, 3.05) is 0 Å². The number of alkyl halides is 2. The van der Waals surface area contributed by atoms with Gasteiger partial charge in [0.05, 0.1) is 0 Å². The maximum Gasteiger partial charge on any atom is 0.183 e. The minimum atomic E-state index is -1.05. The molecule has 0 aromatic heterocycles. The number of Topliss-reactive ketones (excluding diaryl/α,β-unsaturated/α-hetero) is 1. The molecule has 4 saturated carbocycles. The molecular formula is C13H16Cl2O. The molecular weight excluding hydrogens is 243 g/mol. The fraction of sp³-hybridized carbons (Fsp3) is 0.923. The molecule has 1 nitrogen and oxygen atoms in total. The van der Waals surface area contributed by atoms with Crippen LogP contribution in [0.5, 0.6) is 0 Å². The molecule has 3 spiro atoms. The van der Waals surface area contributed by atoms with E-state index in [1.165, 1.54) is 32.1 Å². The van der Waals surface area contributed by atoms with Crippen molar-refractivity contribution in [2.45, 2.75) is 55.7 Å². The molecule has 0 unspecified atom stereocenters. The van der Waals surface area contributed by atoms with Gasteiger partial charge in [-0.1, -0.05) is 36.0 Å². The first-order valence-electron chi connectivity index (χ1n) is 6.45. The number of halogens is 2. The van der Waals surface area contributed by atoms with Crippen LogP contribution in [0.25, 0.3) is 0 Å². The van der Waals surface area contributed by atoms with Crippen LogP contribution in [0.15, 0.2) is 0 Å². The smallest absolute Gasteiger partial charge is 0.183 e. The van der Waals surface area contributed by atoms with Crippen molar-refractivity contribution in [3.8, 4) is 0 Å². The molecule has 0 heterocycles. The highest BCUT2D eigenvalue weighted by atomic mass is 35.5. The highest BCUT2D eigenvalue weighted by Crippen LogP contribution is 2.87. The molecule has 1 atom stereocenters. The minimum absolute atomic E-state index is 0.0289. The van der Waals surface area contributed by atoms with Gasteiger partial charge in [0.25, 0.3) is 0 Å². The topological polar surface area (TPSA) is 17.1 Å². The molecule has 4 rings (SSSR count). The molecule has 16 heavy (non-hydrogen) atoms. The molecule has 0 radical (unpaired) electrons. The number of rotatable bonds is 0. The average molecular weight is 259 g/mol. The SMILES string of the molecule is O=C1C(Cl)(Cl)C2(CCC2)[C@]12CCC21CCC1. The summed E-state index contributed by atoms with van der Waals surface area (Å²) in [5, 5.41) is 0. The standard InChI is InChI=1S/C13H16Cl2O/c14-13(15)9(16)12(11(13)5-2-6-11)8-7-10(12)3-1-4-10/h1-8H2/t12-/m1/s1. The van der Waals surface area contributed by atoms with Gasteiger partial charge in [-0.2, -0.15) is 0 Å². The maximum absolute atomic E-state index is 12.4. The molecule has 0 aromatic carbocycles. The lowest BCUT2D eigenvalue weighted by Gasteiger charge is -2.81. The van der Waals surface area contributed by atoms with Crippen LogP contribution in [-0.4, -0.2) is 10.1 Å². The molecule has 88 valence electrons. The summed E-state index contributed by atoms with van der Waals surface area (Å²) in [5.74, 6) is 0.175. The first-order valence-corrected chi connectivity index (χ1v) is 7.21. The lowest BCUT2D eigenvalue weighted by molar-refractivity contribution is -0.270. The van der Waals surface area contributed by atoms with Crippen molar-refractivity contribution < 1.29 is 4.79 Å². The first-order chi connectivity index (χ1) is 7.53. The van der Waals surface area contributed by atoms with E-state index in [2.05, 4.69) is 0 Å². The summed E-state index contributed by atoms with van der Waals surface area (Å²) in [7, 11) is 0. The van der Waals surface area contributed by atoms with Gasteiger partial charge < -0.3 is 0 Å². The third kappa shape index (κ3) is 0.646. The number of carbonyl (C=O) groups excluding carboxylic acids is 1. The van der Waals surface area contributed by atoms with Gasteiger partial charge in [-0.15, -0.1) is 0 Å². The Kier molecular flexibility index (Phi) is 1.59. The van der Waals surface area contributed by atoms with Crippen molar-refractivity contribution in [3.05, 3.63) is 0 Å². The van der Waals surface area contributed by atoms with Crippen LogP contribution < -0.4 is 0 Å². The van der Waals surface area contributed by atoms with E-state index in [0.717, 1.165) is 19.3 Å². The van der Waals surface area contributed by atoms with Crippen LogP contribution >= 0.6 is 23.2 Å². The maximum atomic E-state index is 12.4. The third-order valence-electron chi connectivity index (χ3n) is 6.49. The van der Waals surface area contributed by atoms with Crippen LogP contribution in [0.1, 0.15) is 51.4 Å². The van der Waals surface area contributed by atoms with Crippen molar-refractivity contribution in [1.82, 2.24) is 0 Å². The van der Waals surface area contributed by atoms with E-state index in [9.17, 15) is 4.79 Å². The van der Waals surface area contributed by atoms with Crippen molar-refractivity contribution in [1.29, 1.82) is 0 Å². The van der Waals surface area contributed by atoms with Gasteiger partial charge in [-0.3, -0.25) is 4.79 Å². The van der Waals surface area contributed by atoms with Gasteiger partial charge in [0.15, 0.2) is 10.1 Å². The van der Waals surface area contributed by atoms with Gasteiger partial charge >= 0.3 is 0 Å². The van der Waals surface area contributed by atoms with Crippen molar-refractivity contribution in [3.63, 3.8) is 0 Å². The number of fused-ring (bicyclic) bond motifs is 2. The van der Waals surface area contributed by atoms with Crippen LogP contribution in [0.3, 0.4) is 0 Å². The van der Waals surface area contributed by atoms with Gasteiger partial charge in [-0.05, 0) is 43.9 Å². The summed E-state index contributed by atoms with van der Waals surface area (Å²) >= 11 is 12.7. The number of hydrogen-bond donors (Lipinski definition) is 0. The van der Waals surface area contributed by atoms with Gasteiger partial charge in [0.1, 0.15) is 0 Å². The Labute approximate surface area is 106 Å². The van der Waals surface area contributed by atoms with Crippen molar-refractivity contribution >= 4 is 29.0 Å². The van der Waals surface area contributed by atoms with Crippen LogP contribution in [-0.2, 0) is 4.79 Å².